The highest BCUT2D eigenvalue weighted by Crippen LogP contribution is 2.29. The number of benzene rings is 1. The minimum absolute atomic E-state index is 0.0800. The number of nitrogens with zero attached hydrogens (tertiary/aromatic N) is 7. The van der Waals surface area contributed by atoms with Gasteiger partial charge in [-0.2, -0.15) is 4.68 Å². The summed E-state index contributed by atoms with van der Waals surface area (Å²) < 4.78 is 13.3. The standard InChI is InChI=1S/C24H27N7O3/c32-24(9-17-1-4-23(25-11-17)31-16-26-27-28-31)30-7-6-29-13-22(34-15-21(29)12-30)19-2-3-20-14-33-8-5-18(20)10-19/h1-4,10-11,16,21-22H,5-9,12-15H2. The predicted molar refractivity (Wildman–Crippen MR) is 121 cm³/mol. The molecule has 2 aromatic heterocycles. The zero-order valence-electron chi connectivity index (χ0n) is 18.9. The fraction of sp³-hybridized carbons (Fsp3) is 0.458. The highest BCUT2D eigenvalue weighted by molar-refractivity contribution is 5.78. The van der Waals surface area contributed by atoms with E-state index in [4.69, 9.17) is 9.47 Å². The summed E-state index contributed by atoms with van der Waals surface area (Å²) in [4.78, 5) is 21.8. The number of aromatic nitrogens is 5. The van der Waals surface area contributed by atoms with Crippen LogP contribution in [0, 0.1) is 0 Å². The first-order valence-corrected chi connectivity index (χ1v) is 11.7. The smallest absolute Gasteiger partial charge is 0.227 e. The van der Waals surface area contributed by atoms with Gasteiger partial charge in [-0.05, 0) is 45.2 Å². The molecule has 0 saturated carbocycles. The molecule has 0 N–H and O–H groups in total. The van der Waals surface area contributed by atoms with Crippen molar-refractivity contribution in [3.05, 3.63) is 65.1 Å². The maximum absolute atomic E-state index is 13.0. The third-order valence-electron chi connectivity index (χ3n) is 6.97. The molecule has 34 heavy (non-hydrogen) atoms. The van der Waals surface area contributed by atoms with Crippen molar-refractivity contribution in [3.63, 3.8) is 0 Å². The van der Waals surface area contributed by atoms with Crippen molar-refractivity contribution in [2.45, 2.75) is 31.6 Å². The van der Waals surface area contributed by atoms with Crippen molar-refractivity contribution in [1.82, 2.24) is 35.0 Å². The van der Waals surface area contributed by atoms with Gasteiger partial charge in [0, 0.05) is 32.4 Å². The highest BCUT2D eigenvalue weighted by atomic mass is 16.5. The Morgan fingerprint density at radius 3 is 2.94 bits per heavy atom. The molecule has 2 atom stereocenters. The summed E-state index contributed by atoms with van der Waals surface area (Å²) in [5.41, 5.74) is 4.79. The van der Waals surface area contributed by atoms with E-state index < -0.39 is 0 Å². The largest absolute Gasteiger partial charge is 0.376 e. The van der Waals surface area contributed by atoms with Crippen molar-refractivity contribution in [2.24, 2.45) is 0 Å². The summed E-state index contributed by atoms with van der Waals surface area (Å²) >= 11 is 0. The molecule has 6 rings (SSSR count). The molecule has 2 unspecified atom stereocenters. The zero-order chi connectivity index (χ0) is 22.9. The Morgan fingerprint density at radius 2 is 2.09 bits per heavy atom. The second-order valence-electron chi connectivity index (χ2n) is 9.10. The molecule has 0 aliphatic carbocycles. The first-order chi connectivity index (χ1) is 16.7. The van der Waals surface area contributed by atoms with Crippen LogP contribution in [0.4, 0.5) is 0 Å². The molecular weight excluding hydrogens is 434 g/mol. The predicted octanol–water partition coefficient (Wildman–Crippen LogP) is 0.957. The Kier molecular flexibility index (Phi) is 5.78. The van der Waals surface area contributed by atoms with Gasteiger partial charge < -0.3 is 14.4 Å². The number of carbonyl (C=O) groups excluding carboxylic acids is 1. The van der Waals surface area contributed by atoms with Crippen LogP contribution in [0.15, 0.2) is 42.9 Å². The van der Waals surface area contributed by atoms with Gasteiger partial charge in [0.1, 0.15) is 6.33 Å². The molecule has 176 valence electrons. The number of amides is 1. The molecule has 0 radical (unpaired) electrons. The molecule has 10 nitrogen and oxygen atoms in total. The average Bonchev–Trinajstić information content (AvgIpc) is 3.43. The molecule has 0 bridgehead atoms. The van der Waals surface area contributed by atoms with Crippen molar-refractivity contribution in [1.29, 1.82) is 0 Å². The lowest BCUT2D eigenvalue weighted by molar-refractivity contribution is -0.139. The van der Waals surface area contributed by atoms with E-state index in [-0.39, 0.29) is 18.1 Å². The molecule has 5 heterocycles. The van der Waals surface area contributed by atoms with Crippen molar-refractivity contribution < 1.29 is 14.3 Å². The van der Waals surface area contributed by atoms with Gasteiger partial charge in [-0.3, -0.25) is 9.69 Å². The molecule has 3 aromatic rings. The number of hydrogen-bond acceptors (Lipinski definition) is 8. The Hall–Kier alpha value is -3.21. The minimum Gasteiger partial charge on any atom is -0.376 e. The molecular formula is C24H27N7O3. The third kappa shape index (κ3) is 4.31. The van der Waals surface area contributed by atoms with Crippen molar-refractivity contribution in [2.75, 3.05) is 39.4 Å². The van der Waals surface area contributed by atoms with E-state index >= 15 is 0 Å². The topological polar surface area (TPSA) is 98.5 Å². The number of carbonyl (C=O) groups is 1. The summed E-state index contributed by atoms with van der Waals surface area (Å²) in [6, 6.07) is 10.6. The lowest BCUT2D eigenvalue weighted by Crippen LogP contribution is -2.59. The fourth-order valence-electron chi connectivity index (χ4n) is 5.01. The van der Waals surface area contributed by atoms with Crippen LogP contribution in [0.25, 0.3) is 5.82 Å². The van der Waals surface area contributed by atoms with Crippen molar-refractivity contribution >= 4 is 5.91 Å². The van der Waals surface area contributed by atoms with Gasteiger partial charge in [0.05, 0.1) is 38.4 Å². The van der Waals surface area contributed by atoms with Crippen molar-refractivity contribution in [3.8, 4) is 5.82 Å². The van der Waals surface area contributed by atoms with Crippen LogP contribution in [0.1, 0.15) is 28.4 Å². The number of fused-ring (bicyclic) bond motifs is 2. The van der Waals surface area contributed by atoms with Gasteiger partial charge in [-0.25, -0.2) is 4.98 Å². The van der Waals surface area contributed by atoms with Gasteiger partial charge in [0.25, 0.3) is 0 Å². The summed E-state index contributed by atoms with van der Waals surface area (Å²) in [5.74, 6) is 0.742. The van der Waals surface area contributed by atoms with Crippen LogP contribution < -0.4 is 0 Å². The Bertz CT molecular complexity index is 1150. The number of piperazine rings is 1. The van der Waals surface area contributed by atoms with Gasteiger partial charge in [-0.15, -0.1) is 5.10 Å². The molecule has 10 heteroatoms. The molecule has 2 fully saturated rings. The van der Waals surface area contributed by atoms with E-state index in [0.29, 0.717) is 32.0 Å². The second-order valence-corrected chi connectivity index (χ2v) is 9.10. The summed E-state index contributed by atoms with van der Waals surface area (Å²) in [7, 11) is 0. The quantitative estimate of drug-likeness (QED) is 0.567. The number of hydrogen-bond donors (Lipinski definition) is 0. The van der Waals surface area contributed by atoms with Crippen LogP contribution in [-0.2, 0) is 33.7 Å². The third-order valence-corrected chi connectivity index (χ3v) is 6.97. The zero-order valence-corrected chi connectivity index (χ0v) is 18.9. The van der Waals surface area contributed by atoms with Crippen LogP contribution in [0.5, 0.6) is 0 Å². The van der Waals surface area contributed by atoms with E-state index in [0.717, 1.165) is 38.2 Å². The van der Waals surface area contributed by atoms with Crippen LogP contribution in [-0.4, -0.2) is 86.3 Å². The lowest BCUT2D eigenvalue weighted by Gasteiger charge is -2.46. The minimum atomic E-state index is 0.0800. The molecule has 0 spiro atoms. The molecule has 1 amide bonds. The number of ether oxygens (including phenoxy) is 2. The molecule has 3 aliphatic heterocycles. The number of rotatable bonds is 4. The lowest BCUT2D eigenvalue weighted by atomic mass is 9.96. The molecule has 1 aromatic carbocycles. The van der Waals surface area contributed by atoms with Crippen LogP contribution >= 0.6 is 0 Å². The van der Waals surface area contributed by atoms with E-state index in [1.165, 1.54) is 27.7 Å². The highest BCUT2D eigenvalue weighted by Gasteiger charge is 2.35. The van der Waals surface area contributed by atoms with E-state index in [2.05, 4.69) is 43.6 Å². The SMILES string of the molecule is O=C(Cc1ccc(-n2cnnn2)nc1)N1CCN2CC(c3ccc4c(c3)CCOC4)OCC2C1. The Balaban J connectivity index is 1.05. The summed E-state index contributed by atoms with van der Waals surface area (Å²) in [6.45, 7) is 5.30. The van der Waals surface area contributed by atoms with E-state index in [9.17, 15) is 4.79 Å². The van der Waals surface area contributed by atoms with Crippen LogP contribution in [0.3, 0.4) is 0 Å². The maximum atomic E-state index is 13.0. The van der Waals surface area contributed by atoms with E-state index in [1.807, 2.05) is 17.0 Å². The molecule has 3 aliphatic rings. The van der Waals surface area contributed by atoms with Gasteiger partial charge in [0.15, 0.2) is 5.82 Å². The van der Waals surface area contributed by atoms with Gasteiger partial charge in [-0.1, -0.05) is 24.3 Å². The first kappa shape index (κ1) is 21.3. The maximum Gasteiger partial charge on any atom is 0.227 e. The van der Waals surface area contributed by atoms with Gasteiger partial charge in [0.2, 0.25) is 5.91 Å². The number of morpholine rings is 1. The fourth-order valence-corrected chi connectivity index (χ4v) is 5.01. The monoisotopic (exact) mass is 461 g/mol. The Labute approximate surface area is 197 Å². The Morgan fingerprint density at radius 1 is 1.12 bits per heavy atom. The number of pyridine rings is 1. The van der Waals surface area contributed by atoms with Gasteiger partial charge >= 0.3 is 0 Å². The molecule has 2 saturated heterocycles. The van der Waals surface area contributed by atoms with E-state index in [1.54, 1.807) is 6.20 Å². The normalized spacial score (nSPS) is 22.8. The average molecular weight is 462 g/mol. The first-order valence-electron chi connectivity index (χ1n) is 11.7. The summed E-state index contributed by atoms with van der Waals surface area (Å²) in [5, 5.41) is 11.1. The second kappa shape index (κ2) is 9.21. The summed E-state index contributed by atoms with van der Waals surface area (Å²) in [6.07, 6.45) is 4.58. The van der Waals surface area contributed by atoms with Crippen LogP contribution in [0.2, 0.25) is 0 Å². The number of tetrazole rings is 1.